The van der Waals surface area contributed by atoms with Crippen LogP contribution in [0.1, 0.15) is 17.3 Å². The number of carbonyl (C=O) groups is 1. The van der Waals surface area contributed by atoms with Crippen LogP contribution in [0.5, 0.6) is 0 Å². The number of benzene rings is 1. The van der Waals surface area contributed by atoms with Gasteiger partial charge in [0.1, 0.15) is 0 Å². The summed E-state index contributed by atoms with van der Waals surface area (Å²) in [6, 6.07) is 3.96. The molecule has 0 amide bonds. The van der Waals surface area contributed by atoms with Gasteiger partial charge in [0.25, 0.3) is 0 Å². The summed E-state index contributed by atoms with van der Waals surface area (Å²) >= 11 is 6.01. The predicted molar refractivity (Wildman–Crippen MR) is 68.8 cm³/mol. The number of ketones is 1. The number of halogens is 5. The van der Waals surface area contributed by atoms with Gasteiger partial charge >= 0.3 is 5.51 Å². The van der Waals surface area contributed by atoms with E-state index in [0.717, 1.165) is 0 Å². The Morgan fingerprint density at radius 1 is 1.41 bits per heavy atom. The maximum Gasteiger partial charge on any atom is 0.446 e. The predicted octanol–water partition coefficient (Wildman–Crippen LogP) is 5.03. The van der Waals surface area contributed by atoms with E-state index in [1.807, 2.05) is 0 Å². The Morgan fingerprint density at radius 3 is 2.41 bits per heavy atom. The minimum absolute atomic E-state index is 0.0446. The minimum Gasteiger partial charge on any atom is -0.293 e. The van der Waals surface area contributed by atoms with Crippen molar-refractivity contribution in [2.45, 2.75) is 22.2 Å². The number of carbonyl (C=O) groups excluding carboxylic acids is 1. The Hall–Kier alpha value is -0.0100. The van der Waals surface area contributed by atoms with Crippen molar-refractivity contribution in [3.8, 4) is 0 Å². The van der Waals surface area contributed by atoms with Crippen molar-refractivity contribution in [1.29, 1.82) is 0 Å². The third-order valence-electron chi connectivity index (χ3n) is 1.80. The molecule has 0 fully saturated rings. The molecule has 1 nitrogen and oxygen atoms in total. The molecule has 0 N–H and O–H groups in total. The molecule has 0 heterocycles. The number of Topliss-reactive ketones (excluding diaryl/α,β-unsaturated/α-hetero) is 1. The second-order valence-electron chi connectivity index (χ2n) is 3.17. The van der Waals surface area contributed by atoms with Gasteiger partial charge in [0.05, 0.1) is 4.83 Å². The van der Waals surface area contributed by atoms with Gasteiger partial charge in [0, 0.05) is 14.9 Å². The van der Waals surface area contributed by atoms with E-state index in [1.54, 1.807) is 6.92 Å². The maximum atomic E-state index is 12.1. The smallest absolute Gasteiger partial charge is 0.293 e. The molecule has 94 valence electrons. The second kappa shape index (κ2) is 5.75. The van der Waals surface area contributed by atoms with E-state index in [1.165, 1.54) is 18.2 Å². The molecule has 0 saturated heterocycles. The van der Waals surface area contributed by atoms with Gasteiger partial charge in [0.15, 0.2) is 5.78 Å². The topological polar surface area (TPSA) is 17.1 Å². The van der Waals surface area contributed by atoms with E-state index >= 15 is 0 Å². The molecule has 1 rings (SSSR count). The zero-order chi connectivity index (χ0) is 13.2. The Bertz CT molecular complexity index is 432. The molecular weight excluding hydrogens is 385 g/mol. The average molecular weight is 392 g/mol. The lowest BCUT2D eigenvalue weighted by molar-refractivity contribution is -0.0328. The van der Waals surface area contributed by atoms with Gasteiger partial charge in [-0.05, 0) is 36.9 Å². The lowest BCUT2D eigenvalue weighted by Crippen LogP contribution is -2.10. The summed E-state index contributed by atoms with van der Waals surface area (Å²) in [4.78, 5) is 11.3. The van der Waals surface area contributed by atoms with Gasteiger partial charge in [-0.1, -0.05) is 31.9 Å². The molecule has 0 aliphatic heterocycles. The van der Waals surface area contributed by atoms with Crippen LogP contribution >= 0.6 is 43.6 Å². The quantitative estimate of drug-likeness (QED) is 0.408. The van der Waals surface area contributed by atoms with Gasteiger partial charge in [-0.15, -0.1) is 0 Å². The lowest BCUT2D eigenvalue weighted by Gasteiger charge is -2.09. The van der Waals surface area contributed by atoms with Gasteiger partial charge in [-0.3, -0.25) is 4.79 Å². The van der Waals surface area contributed by atoms with Gasteiger partial charge in [-0.2, -0.15) is 13.2 Å². The summed E-state index contributed by atoms with van der Waals surface area (Å²) in [5.74, 6) is -0.180. The van der Waals surface area contributed by atoms with Crippen LogP contribution < -0.4 is 0 Å². The first-order chi connectivity index (χ1) is 7.70. The molecule has 1 aromatic carbocycles. The van der Waals surface area contributed by atoms with E-state index in [4.69, 9.17) is 0 Å². The van der Waals surface area contributed by atoms with Crippen LogP contribution in [-0.2, 0) is 0 Å². The van der Waals surface area contributed by atoms with Crippen LogP contribution in [0, 0.1) is 0 Å². The van der Waals surface area contributed by atoms with E-state index in [9.17, 15) is 18.0 Å². The molecule has 0 radical (unpaired) electrons. The summed E-state index contributed by atoms with van der Waals surface area (Å²) in [6.45, 7) is 1.66. The van der Waals surface area contributed by atoms with Crippen LogP contribution in [0.25, 0.3) is 0 Å². The van der Waals surface area contributed by atoms with Crippen molar-refractivity contribution < 1.29 is 18.0 Å². The zero-order valence-corrected chi connectivity index (χ0v) is 12.5. The van der Waals surface area contributed by atoms with Crippen LogP contribution in [0.3, 0.4) is 0 Å². The van der Waals surface area contributed by atoms with Gasteiger partial charge in [-0.25, -0.2) is 0 Å². The lowest BCUT2D eigenvalue weighted by atomic mass is 10.1. The van der Waals surface area contributed by atoms with Gasteiger partial charge < -0.3 is 0 Å². The van der Waals surface area contributed by atoms with Crippen molar-refractivity contribution >= 4 is 49.4 Å². The molecule has 0 saturated carbocycles. The highest BCUT2D eigenvalue weighted by molar-refractivity contribution is 9.10. The first-order valence-corrected chi connectivity index (χ1v) is 6.97. The molecule has 1 unspecified atom stereocenters. The molecular formula is C10H7Br2F3OS. The highest BCUT2D eigenvalue weighted by Crippen LogP contribution is 2.38. The minimum atomic E-state index is -4.33. The molecule has 1 atom stereocenters. The van der Waals surface area contributed by atoms with Crippen LogP contribution in [0.2, 0.25) is 0 Å². The van der Waals surface area contributed by atoms with Crippen molar-refractivity contribution in [2.75, 3.05) is 0 Å². The fourth-order valence-electron chi connectivity index (χ4n) is 1.11. The highest BCUT2D eigenvalue weighted by Gasteiger charge is 2.29. The van der Waals surface area contributed by atoms with E-state index < -0.39 is 5.51 Å². The Labute approximate surface area is 117 Å². The molecule has 7 heteroatoms. The second-order valence-corrected chi connectivity index (χ2v) is 6.54. The number of alkyl halides is 4. The number of thioether (sulfide) groups is 1. The molecule has 17 heavy (non-hydrogen) atoms. The summed E-state index contributed by atoms with van der Waals surface area (Å²) in [5, 5.41) is 0. The summed E-state index contributed by atoms with van der Waals surface area (Å²) < 4.78 is 36.8. The van der Waals surface area contributed by atoms with Crippen molar-refractivity contribution in [1.82, 2.24) is 0 Å². The fraction of sp³-hybridized carbons (Fsp3) is 0.300. The Kier molecular flexibility index (Phi) is 5.09. The third-order valence-corrected chi connectivity index (χ3v) is 3.59. The fourth-order valence-corrected chi connectivity index (χ4v) is 2.66. The first kappa shape index (κ1) is 15.0. The average Bonchev–Trinajstić information content (AvgIpc) is 2.14. The molecule has 0 aliphatic carbocycles. The monoisotopic (exact) mass is 390 g/mol. The van der Waals surface area contributed by atoms with Crippen molar-refractivity contribution in [3.05, 3.63) is 28.2 Å². The van der Waals surface area contributed by atoms with E-state index in [-0.39, 0.29) is 27.3 Å². The third kappa shape index (κ3) is 4.63. The molecule has 0 aromatic heterocycles. The molecule has 0 spiro atoms. The summed E-state index contributed by atoms with van der Waals surface area (Å²) in [5.41, 5.74) is -3.96. The number of hydrogen-bond donors (Lipinski definition) is 0. The normalized spacial score (nSPS) is 13.5. The molecule has 1 aromatic rings. The summed E-state index contributed by atoms with van der Waals surface area (Å²) in [6.07, 6.45) is 0. The Balaban J connectivity index is 2.98. The van der Waals surface area contributed by atoms with Crippen LogP contribution in [-0.4, -0.2) is 16.1 Å². The van der Waals surface area contributed by atoms with Crippen molar-refractivity contribution in [3.63, 3.8) is 0 Å². The molecule has 0 bridgehead atoms. The van der Waals surface area contributed by atoms with E-state index in [2.05, 4.69) is 31.9 Å². The zero-order valence-electron chi connectivity index (χ0n) is 8.52. The highest BCUT2D eigenvalue weighted by atomic mass is 79.9. The number of rotatable bonds is 3. The number of hydrogen-bond acceptors (Lipinski definition) is 2. The maximum absolute atomic E-state index is 12.1. The standard InChI is InChI=1S/C10H7Br2F3OS/c1-5(11)9(16)7-3-2-6(4-8(7)12)17-10(13,14)15/h2-5H,1H3. The van der Waals surface area contributed by atoms with Crippen molar-refractivity contribution in [2.24, 2.45) is 0 Å². The van der Waals surface area contributed by atoms with Gasteiger partial charge in [0.2, 0.25) is 0 Å². The van der Waals surface area contributed by atoms with Crippen LogP contribution in [0.4, 0.5) is 13.2 Å². The Morgan fingerprint density at radius 2 is 2.00 bits per heavy atom. The first-order valence-electron chi connectivity index (χ1n) is 4.44. The molecule has 0 aliphatic rings. The van der Waals surface area contributed by atoms with Crippen LogP contribution in [0.15, 0.2) is 27.6 Å². The largest absolute Gasteiger partial charge is 0.446 e. The SMILES string of the molecule is CC(Br)C(=O)c1ccc(SC(F)(F)F)cc1Br. The summed E-state index contributed by atoms with van der Waals surface area (Å²) in [7, 11) is 0. The van der Waals surface area contributed by atoms with E-state index in [0.29, 0.717) is 10.0 Å².